The van der Waals surface area contributed by atoms with E-state index in [4.69, 9.17) is 4.74 Å². The Morgan fingerprint density at radius 1 is 0.786 bits per heavy atom. The lowest BCUT2D eigenvalue weighted by molar-refractivity contribution is 0.0955. The third-order valence-electron chi connectivity index (χ3n) is 4.27. The van der Waals surface area contributed by atoms with Gasteiger partial charge in [-0.1, -0.05) is 66.7 Å². The van der Waals surface area contributed by atoms with Gasteiger partial charge in [0.15, 0.2) is 0 Å². The summed E-state index contributed by atoms with van der Waals surface area (Å²) < 4.78 is 5.77. The standard InChI is InChI=1S/C24H18N2O2/c27-24(19-10-7-14-22(16-19)28-21-12-2-1-3-13-21)26-25-17-20-11-6-9-18-8-4-5-15-23(18)20/h1-17H,(H,26,27)/b25-17+. The third kappa shape index (κ3) is 4.07. The number of nitrogens with zero attached hydrogens (tertiary/aromatic N) is 1. The first-order valence-corrected chi connectivity index (χ1v) is 8.94. The summed E-state index contributed by atoms with van der Waals surface area (Å²) in [4.78, 5) is 12.4. The molecule has 28 heavy (non-hydrogen) atoms. The molecule has 4 aromatic carbocycles. The van der Waals surface area contributed by atoms with E-state index >= 15 is 0 Å². The van der Waals surface area contributed by atoms with Crippen molar-refractivity contribution in [2.45, 2.75) is 0 Å². The van der Waals surface area contributed by atoms with Crippen LogP contribution < -0.4 is 10.2 Å². The van der Waals surface area contributed by atoms with E-state index in [9.17, 15) is 4.79 Å². The molecule has 0 aliphatic heterocycles. The molecular weight excluding hydrogens is 348 g/mol. The number of nitrogens with one attached hydrogen (secondary N) is 1. The molecule has 1 amide bonds. The predicted molar refractivity (Wildman–Crippen MR) is 112 cm³/mol. The minimum absolute atomic E-state index is 0.296. The zero-order valence-corrected chi connectivity index (χ0v) is 15.1. The second-order valence-corrected chi connectivity index (χ2v) is 6.21. The SMILES string of the molecule is O=C(N/N=C/c1cccc2ccccc12)c1cccc(Oc2ccccc2)c1. The van der Waals surface area contributed by atoms with Crippen LogP contribution in [0.4, 0.5) is 0 Å². The number of hydrogen-bond acceptors (Lipinski definition) is 3. The van der Waals surface area contributed by atoms with E-state index in [1.807, 2.05) is 78.9 Å². The van der Waals surface area contributed by atoms with Gasteiger partial charge in [-0.3, -0.25) is 4.79 Å². The van der Waals surface area contributed by atoms with Crippen LogP contribution in [-0.4, -0.2) is 12.1 Å². The largest absolute Gasteiger partial charge is 0.457 e. The monoisotopic (exact) mass is 366 g/mol. The van der Waals surface area contributed by atoms with Gasteiger partial charge in [-0.05, 0) is 41.1 Å². The van der Waals surface area contributed by atoms with Crippen molar-refractivity contribution in [3.05, 3.63) is 108 Å². The fourth-order valence-corrected chi connectivity index (χ4v) is 2.91. The minimum atomic E-state index is -0.296. The molecule has 1 N–H and O–H groups in total. The molecule has 0 aliphatic carbocycles. The maximum atomic E-state index is 12.4. The summed E-state index contributed by atoms with van der Waals surface area (Å²) in [5, 5.41) is 6.33. The van der Waals surface area contributed by atoms with Crippen LogP contribution in [0, 0.1) is 0 Å². The Morgan fingerprint density at radius 2 is 1.50 bits per heavy atom. The number of hydrogen-bond donors (Lipinski definition) is 1. The lowest BCUT2D eigenvalue weighted by Gasteiger charge is -2.07. The highest BCUT2D eigenvalue weighted by Crippen LogP contribution is 2.22. The molecule has 0 heterocycles. The van der Waals surface area contributed by atoms with Crippen molar-refractivity contribution in [3.63, 3.8) is 0 Å². The van der Waals surface area contributed by atoms with E-state index < -0.39 is 0 Å². The molecule has 4 heteroatoms. The molecule has 0 bridgehead atoms. The smallest absolute Gasteiger partial charge is 0.271 e. The van der Waals surface area contributed by atoms with Crippen LogP contribution in [0.5, 0.6) is 11.5 Å². The first kappa shape index (κ1) is 17.5. The van der Waals surface area contributed by atoms with E-state index in [1.54, 1.807) is 24.4 Å². The second-order valence-electron chi connectivity index (χ2n) is 6.21. The highest BCUT2D eigenvalue weighted by atomic mass is 16.5. The molecule has 0 fully saturated rings. The molecule has 0 saturated carbocycles. The van der Waals surface area contributed by atoms with E-state index in [0.717, 1.165) is 16.3 Å². The molecule has 0 spiro atoms. The number of benzene rings is 4. The summed E-state index contributed by atoms with van der Waals surface area (Å²) in [5.74, 6) is 1.01. The summed E-state index contributed by atoms with van der Waals surface area (Å²) in [6, 6.07) is 30.5. The Kier molecular flexibility index (Phi) is 5.11. The Bertz CT molecular complexity index is 1130. The summed E-state index contributed by atoms with van der Waals surface area (Å²) in [7, 11) is 0. The van der Waals surface area contributed by atoms with Crippen LogP contribution in [0.2, 0.25) is 0 Å². The summed E-state index contributed by atoms with van der Waals surface area (Å²) >= 11 is 0. The van der Waals surface area contributed by atoms with Crippen LogP contribution >= 0.6 is 0 Å². The maximum absolute atomic E-state index is 12.4. The van der Waals surface area contributed by atoms with E-state index in [2.05, 4.69) is 10.5 Å². The van der Waals surface area contributed by atoms with Gasteiger partial charge in [0, 0.05) is 11.1 Å². The molecule has 4 nitrogen and oxygen atoms in total. The first-order chi connectivity index (χ1) is 13.8. The van der Waals surface area contributed by atoms with Gasteiger partial charge in [-0.25, -0.2) is 5.43 Å². The number of fused-ring (bicyclic) bond motifs is 1. The number of amides is 1. The van der Waals surface area contributed by atoms with Crippen LogP contribution in [0.25, 0.3) is 10.8 Å². The van der Waals surface area contributed by atoms with E-state index in [0.29, 0.717) is 17.1 Å². The predicted octanol–water partition coefficient (Wildman–Crippen LogP) is 5.40. The van der Waals surface area contributed by atoms with Crippen LogP contribution in [0.1, 0.15) is 15.9 Å². The van der Waals surface area contributed by atoms with Crippen molar-refractivity contribution in [1.82, 2.24) is 5.43 Å². The van der Waals surface area contributed by atoms with E-state index in [-0.39, 0.29) is 5.91 Å². The number of carbonyl (C=O) groups is 1. The minimum Gasteiger partial charge on any atom is -0.457 e. The Balaban J connectivity index is 1.46. The Hall–Kier alpha value is -3.92. The Labute approximate surface area is 163 Å². The molecule has 0 radical (unpaired) electrons. The van der Waals surface area contributed by atoms with Crippen LogP contribution in [0.3, 0.4) is 0 Å². The average molecular weight is 366 g/mol. The first-order valence-electron chi connectivity index (χ1n) is 8.94. The van der Waals surface area contributed by atoms with Crippen molar-refractivity contribution < 1.29 is 9.53 Å². The summed E-state index contributed by atoms with van der Waals surface area (Å²) in [6.07, 6.45) is 1.66. The normalized spacial score (nSPS) is 10.9. The van der Waals surface area contributed by atoms with Gasteiger partial charge in [0.05, 0.1) is 6.21 Å². The highest BCUT2D eigenvalue weighted by molar-refractivity contribution is 6.00. The van der Waals surface area contributed by atoms with Crippen molar-refractivity contribution in [2.24, 2.45) is 5.10 Å². The quantitative estimate of drug-likeness (QED) is 0.380. The van der Waals surface area contributed by atoms with Crippen LogP contribution in [0.15, 0.2) is 102 Å². The molecule has 4 aromatic rings. The number of ether oxygens (including phenoxy) is 1. The van der Waals surface area contributed by atoms with Gasteiger partial charge in [-0.15, -0.1) is 0 Å². The molecule has 0 atom stereocenters. The molecular formula is C24H18N2O2. The molecule has 0 aliphatic rings. The number of para-hydroxylation sites is 1. The zero-order valence-electron chi connectivity index (χ0n) is 15.1. The van der Waals surface area contributed by atoms with Crippen molar-refractivity contribution >= 4 is 22.9 Å². The fraction of sp³-hybridized carbons (Fsp3) is 0. The van der Waals surface area contributed by atoms with Crippen molar-refractivity contribution in [1.29, 1.82) is 0 Å². The average Bonchev–Trinajstić information content (AvgIpc) is 2.75. The number of carbonyl (C=O) groups excluding carboxylic acids is 1. The van der Waals surface area contributed by atoms with Gasteiger partial charge in [0.2, 0.25) is 0 Å². The van der Waals surface area contributed by atoms with Gasteiger partial charge >= 0.3 is 0 Å². The molecule has 0 saturated heterocycles. The maximum Gasteiger partial charge on any atom is 0.271 e. The third-order valence-corrected chi connectivity index (χ3v) is 4.27. The second kappa shape index (κ2) is 8.18. The van der Waals surface area contributed by atoms with Crippen molar-refractivity contribution in [3.8, 4) is 11.5 Å². The lowest BCUT2D eigenvalue weighted by atomic mass is 10.1. The molecule has 0 aromatic heterocycles. The van der Waals surface area contributed by atoms with Gasteiger partial charge < -0.3 is 4.74 Å². The van der Waals surface area contributed by atoms with E-state index in [1.165, 1.54) is 0 Å². The highest BCUT2D eigenvalue weighted by Gasteiger charge is 2.06. The van der Waals surface area contributed by atoms with Gasteiger partial charge in [0.1, 0.15) is 11.5 Å². The van der Waals surface area contributed by atoms with Crippen LogP contribution in [-0.2, 0) is 0 Å². The van der Waals surface area contributed by atoms with Crippen molar-refractivity contribution in [2.75, 3.05) is 0 Å². The zero-order chi connectivity index (χ0) is 19.2. The fourth-order valence-electron chi connectivity index (χ4n) is 2.91. The number of hydrazone groups is 1. The Morgan fingerprint density at radius 3 is 2.39 bits per heavy atom. The molecule has 136 valence electrons. The topological polar surface area (TPSA) is 50.7 Å². The molecule has 4 rings (SSSR count). The lowest BCUT2D eigenvalue weighted by Crippen LogP contribution is -2.17. The number of rotatable bonds is 5. The summed E-state index contributed by atoms with van der Waals surface area (Å²) in [5.41, 5.74) is 4.00. The molecule has 0 unspecified atom stereocenters. The summed E-state index contributed by atoms with van der Waals surface area (Å²) in [6.45, 7) is 0. The van der Waals surface area contributed by atoms with Gasteiger partial charge in [0.25, 0.3) is 5.91 Å². The van der Waals surface area contributed by atoms with Gasteiger partial charge in [-0.2, -0.15) is 5.10 Å².